The second kappa shape index (κ2) is 9.04. The third kappa shape index (κ3) is 4.27. The molecule has 1 atom stereocenters. The van der Waals surface area contributed by atoms with Crippen LogP contribution in [0, 0.1) is 13.8 Å². The average molecular weight is 421 g/mol. The number of aliphatic hydroxyl groups is 1. The van der Waals surface area contributed by atoms with Crippen LogP contribution in [-0.2, 0) is 14.3 Å². The molecule has 0 saturated carbocycles. The Labute approximate surface area is 182 Å². The zero-order valence-electron chi connectivity index (χ0n) is 18.0. The summed E-state index contributed by atoms with van der Waals surface area (Å²) in [4.78, 5) is 30.0. The summed E-state index contributed by atoms with van der Waals surface area (Å²) >= 11 is 0. The van der Waals surface area contributed by atoms with Crippen molar-refractivity contribution in [3.63, 3.8) is 0 Å². The molecular formula is C25H28N2O4. The van der Waals surface area contributed by atoms with Gasteiger partial charge in [0, 0.05) is 31.7 Å². The van der Waals surface area contributed by atoms with E-state index in [4.69, 9.17) is 4.74 Å². The summed E-state index contributed by atoms with van der Waals surface area (Å²) in [7, 11) is 0. The number of benzene rings is 2. The molecule has 0 radical (unpaired) electrons. The lowest BCUT2D eigenvalue weighted by Crippen LogP contribution is -2.42. The monoisotopic (exact) mass is 420 g/mol. The van der Waals surface area contributed by atoms with Crippen LogP contribution in [0.15, 0.2) is 54.1 Å². The molecule has 1 amide bonds. The predicted octanol–water partition coefficient (Wildman–Crippen LogP) is 3.06. The molecule has 162 valence electrons. The van der Waals surface area contributed by atoms with E-state index in [1.807, 2.05) is 62.4 Å². The van der Waals surface area contributed by atoms with E-state index in [2.05, 4.69) is 4.90 Å². The number of hydrogen-bond donors (Lipinski definition) is 1. The Morgan fingerprint density at radius 1 is 1.03 bits per heavy atom. The van der Waals surface area contributed by atoms with Crippen molar-refractivity contribution in [2.75, 3.05) is 39.4 Å². The van der Waals surface area contributed by atoms with Crippen LogP contribution >= 0.6 is 0 Å². The summed E-state index contributed by atoms with van der Waals surface area (Å²) in [5.41, 5.74) is 3.40. The maximum Gasteiger partial charge on any atom is 0.295 e. The molecule has 0 spiro atoms. The number of rotatable bonds is 5. The quantitative estimate of drug-likeness (QED) is 0.457. The van der Waals surface area contributed by atoms with Crippen molar-refractivity contribution in [2.45, 2.75) is 19.9 Å². The predicted molar refractivity (Wildman–Crippen MR) is 119 cm³/mol. The maximum absolute atomic E-state index is 13.1. The minimum absolute atomic E-state index is 0.109. The zero-order chi connectivity index (χ0) is 22.0. The molecule has 0 aromatic heterocycles. The molecule has 2 aromatic rings. The number of nitrogens with zero attached hydrogens (tertiary/aromatic N) is 2. The van der Waals surface area contributed by atoms with E-state index in [1.165, 1.54) is 0 Å². The van der Waals surface area contributed by atoms with Crippen molar-refractivity contribution in [2.24, 2.45) is 0 Å². The van der Waals surface area contributed by atoms with Crippen LogP contribution < -0.4 is 0 Å². The van der Waals surface area contributed by atoms with Gasteiger partial charge in [0.1, 0.15) is 5.76 Å². The fraction of sp³-hybridized carbons (Fsp3) is 0.360. The van der Waals surface area contributed by atoms with E-state index in [1.54, 1.807) is 4.90 Å². The number of ether oxygens (including phenoxy) is 1. The Kier molecular flexibility index (Phi) is 6.20. The van der Waals surface area contributed by atoms with Gasteiger partial charge in [-0.1, -0.05) is 48.0 Å². The van der Waals surface area contributed by atoms with E-state index in [0.29, 0.717) is 31.9 Å². The highest BCUT2D eigenvalue weighted by Crippen LogP contribution is 2.39. The molecule has 0 bridgehead atoms. The van der Waals surface area contributed by atoms with Gasteiger partial charge in [-0.05, 0) is 31.0 Å². The first-order valence-electron chi connectivity index (χ1n) is 10.7. The highest BCUT2D eigenvalue weighted by Gasteiger charge is 2.46. The number of carbonyl (C=O) groups excluding carboxylic acids is 2. The molecule has 2 aromatic carbocycles. The van der Waals surface area contributed by atoms with Crippen molar-refractivity contribution in [3.8, 4) is 0 Å². The Bertz CT molecular complexity index is 1010. The molecule has 2 saturated heterocycles. The van der Waals surface area contributed by atoms with Crippen LogP contribution in [0.25, 0.3) is 5.76 Å². The summed E-state index contributed by atoms with van der Waals surface area (Å²) in [5.74, 6) is -1.30. The van der Waals surface area contributed by atoms with E-state index in [-0.39, 0.29) is 11.3 Å². The number of morpholine rings is 1. The van der Waals surface area contributed by atoms with Gasteiger partial charge in [-0.3, -0.25) is 14.5 Å². The third-order valence-electron chi connectivity index (χ3n) is 6.06. The van der Waals surface area contributed by atoms with Gasteiger partial charge in [-0.15, -0.1) is 0 Å². The number of carbonyl (C=O) groups is 2. The summed E-state index contributed by atoms with van der Waals surface area (Å²) in [6.45, 7) is 7.86. The van der Waals surface area contributed by atoms with E-state index in [9.17, 15) is 14.7 Å². The van der Waals surface area contributed by atoms with Gasteiger partial charge in [0.25, 0.3) is 11.7 Å². The number of likely N-dealkylation sites (tertiary alicyclic amines) is 1. The molecule has 1 N–H and O–H groups in total. The summed E-state index contributed by atoms with van der Waals surface area (Å²) < 4.78 is 5.40. The molecule has 2 fully saturated rings. The summed E-state index contributed by atoms with van der Waals surface area (Å²) in [6, 6.07) is 14.6. The standard InChI is InChI=1S/C25H28N2O4/c1-17-8-9-18(2)20(16-17)23(28)21-22(19-6-4-3-5-7-19)27(25(30)24(21)29)11-10-26-12-14-31-15-13-26/h3-9,16,22,28H,10-15H2,1-2H3. The van der Waals surface area contributed by atoms with Crippen LogP contribution in [0.2, 0.25) is 0 Å². The van der Waals surface area contributed by atoms with Crippen molar-refractivity contribution in [3.05, 3.63) is 76.4 Å². The van der Waals surface area contributed by atoms with Gasteiger partial charge in [0.15, 0.2) is 0 Å². The number of amides is 1. The fourth-order valence-corrected chi connectivity index (χ4v) is 4.30. The largest absolute Gasteiger partial charge is 0.507 e. The number of hydrogen-bond acceptors (Lipinski definition) is 5. The molecule has 2 heterocycles. The number of ketones is 1. The first kappa shape index (κ1) is 21.3. The minimum atomic E-state index is -0.630. The molecule has 4 rings (SSSR count). The van der Waals surface area contributed by atoms with Crippen LogP contribution in [0.1, 0.15) is 28.3 Å². The molecule has 31 heavy (non-hydrogen) atoms. The van der Waals surface area contributed by atoms with E-state index < -0.39 is 17.7 Å². The number of aryl methyl sites for hydroxylation is 2. The molecule has 2 aliphatic rings. The average Bonchev–Trinajstić information content (AvgIpc) is 3.05. The Hall–Kier alpha value is -2.96. The van der Waals surface area contributed by atoms with Crippen molar-refractivity contribution in [1.82, 2.24) is 9.80 Å². The third-order valence-corrected chi connectivity index (χ3v) is 6.06. The first-order chi connectivity index (χ1) is 15.0. The minimum Gasteiger partial charge on any atom is -0.507 e. The Morgan fingerprint density at radius 2 is 1.74 bits per heavy atom. The normalized spacial score (nSPS) is 21.6. The van der Waals surface area contributed by atoms with Gasteiger partial charge in [0.05, 0.1) is 24.8 Å². The molecule has 6 nitrogen and oxygen atoms in total. The lowest BCUT2D eigenvalue weighted by molar-refractivity contribution is -0.140. The highest BCUT2D eigenvalue weighted by atomic mass is 16.5. The molecule has 6 heteroatoms. The number of Topliss-reactive ketones (excluding diaryl/α,β-unsaturated/α-hetero) is 1. The molecule has 0 aliphatic carbocycles. The second-order valence-corrected chi connectivity index (χ2v) is 8.18. The Morgan fingerprint density at radius 3 is 2.45 bits per heavy atom. The second-order valence-electron chi connectivity index (χ2n) is 8.18. The van der Waals surface area contributed by atoms with Crippen LogP contribution in [0.4, 0.5) is 0 Å². The summed E-state index contributed by atoms with van der Waals surface area (Å²) in [6.07, 6.45) is 0. The van der Waals surface area contributed by atoms with Crippen LogP contribution in [0.5, 0.6) is 0 Å². The van der Waals surface area contributed by atoms with Gasteiger partial charge in [0.2, 0.25) is 0 Å². The molecule has 2 aliphatic heterocycles. The smallest absolute Gasteiger partial charge is 0.295 e. The van der Waals surface area contributed by atoms with Crippen molar-refractivity contribution in [1.29, 1.82) is 0 Å². The highest BCUT2D eigenvalue weighted by molar-refractivity contribution is 6.46. The van der Waals surface area contributed by atoms with Crippen molar-refractivity contribution < 1.29 is 19.4 Å². The van der Waals surface area contributed by atoms with Gasteiger partial charge in [-0.25, -0.2) is 0 Å². The lowest BCUT2D eigenvalue weighted by Gasteiger charge is -2.31. The maximum atomic E-state index is 13.1. The topological polar surface area (TPSA) is 70.1 Å². The fourth-order valence-electron chi connectivity index (χ4n) is 4.30. The van der Waals surface area contributed by atoms with Gasteiger partial charge < -0.3 is 14.7 Å². The van der Waals surface area contributed by atoms with Gasteiger partial charge in [-0.2, -0.15) is 0 Å². The number of aliphatic hydroxyl groups excluding tert-OH is 1. The van der Waals surface area contributed by atoms with E-state index >= 15 is 0 Å². The Balaban J connectivity index is 1.75. The first-order valence-corrected chi connectivity index (χ1v) is 10.7. The molecular weight excluding hydrogens is 392 g/mol. The lowest BCUT2D eigenvalue weighted by atomic mass is 9.93. The van der Waals surface area contributed by atoms with Crippen LogP contribution in [0.3, 0.4) is 0 Å². The zero-order valence-corrected chi connectivity index (χ0v) is 18.0. The summed E-state index contributed by atoms with van der Waals surface area (Å²) in [5, 5.41) is 11.2. The van der Waals surface area contributed by atoms with Crippen molar-refractivity contribution >= 4 is 17.4 Å². The molecule has 1 unspecified atom stereocenters. The SMILES string of the molecule is Cc1ccc(C)c(C(O)=C2C(=O)C(=O)N(CCN3CCOCC3)C2c2ccccc2)c1. The van der Waals surface area contributed by atoms with Gasteiger partial charge >= 0.3 is 0 Å². The van der Waals surface area contributed by atoms with Crippen LogP contribution in [-0.4, -0.2) is 66.0 Å². The van der Waals surface area contributed by atoms with E-state index in [0.717, 1.165) is 29.8 Å².